The van der Waals surface area contributed by atoms with Gasteiger partial charge in [0, 0.05) is 23.1 Å². The predicted octanol–water partition coefficient (Wildman–Crippen LogP) is 3.21. The van der Waals surface area contributed by atoms with Crippen LogP contribution in [0.1, 0.15) is 42.1 Å². The molecule has 3 N–H and O–H groups in total. The SMILES string of the molecule is O=C(CC1NC(=O)N(CCc2ccccc2)C1=O)NC1CCCc2c1[nH]c1ccccc21. The van der Waals surface area contributed by atoms with Crippen molar-refractivity contribution in [1.82, 2.24) is 20.5 Å². The van der Waals surface area contributed by atoms with Gasteiger partial charge in [-0.15, -0.1) is 0 Å². The highest BCUT2D eigenvalue weighted by Crippen LogP contribution is 2.34. The lowest BCUT2D eigenvalue weighted by atomic mass is 9.91. The van der Waals surface area contributed by atoms with E-state index in [4.69, 9.17) is 0 Å². The third kappa shape index (κ3) is 3.86. The Kier molecular flexibility index (Phi) is 5.39. The van der Waals surface area contributed by atoms with Crippen LogP contribution in [0.25, 0.3) is 10.9 Å². The first-order valence-corrected chi connectivity index (χ1v) is 11.1. The Morgan fingerprint density at radius 3 is 2.69 bits per heavy atom. The second-order valence-electron chi connectivity index (χ2n) is 8.51. The third-order valence-electron chi connectivity index (χ3n) is 6.41. The fraction of sp³-hybridized carbons (Fsp3) is 0.320. The number of amides is 4. The summed E-state index contributed by atoms with van der Waals surface area (Å²) in [6.45, 7) is 0.299. The smallest absolute Gasteiger partial charge is 0.324 e. The lowest BCUT2D eigenvalue weighted by Gasteiger charge is -2.24. The molecule has 164 valence electrons. The molecule has 0 bridgehead atoms. The van der Waals surface area contributed by atoms with E-state index in [0.29, 0.717) is 13.0 Å². The highest BCUT2D eigenvalue weighted by Gasteiger charge is 2.39. The van der Waals surface area contributed by atoms with Crippen LogP contribution in [0.15, 0.2) is 54.6 Å². The molecule has 2 aliphatic rings. The summed E-state index contributed by atoms with van der Waals surface area (Å²) in [5.41, 5.74) is 4.44. The number of fused-ring (bicyclic) bond motifs is 3. The lowest BCUT2D eigenvalue weighted by Crippen LogP contribution is -2.38. The molecule has 5 rings (SSSR count). The van der Waals surface area contributed by atoms with Crippen LogP contribution in [0, 0.1) is 0 Å². The summed E-state index contributed by atoms with van der Waals surface area (Å²) in [6.07, 6.45) is 3.35. The normalized spacial score (nSPS) is 20.3. The Hall–Kier alpha value is -3.61. The van der Waals surface area contributed by atoms with Crippen molar-refractivity contribution in [2.24, 2.45) is 0 Å². The fourth-order valence-corrected chi connectivity index (χ4v) is 4.81. The highest BCUT2D eigenvalue weighted by atomic mass is 16.2. The molecule has 7 nitrogen and oxygen atoms in total. The van der Waals surface area contributed by atoms with E-state index < -0.39 is 12.1 Å². The molecule has 1 aromatic heterocycles. The van der Waals surface area contributed by atoms with Crippen molar-refractivity contribution in [3.63, 3.8) is 0 Å². The van der Waals surface area contributed by atoms with Gasteiger partial charge in [0.1, 0.15) is 6.04 Å². The van der Waals surface area contributed by atoms with Crippen LogP contribution < -0.4 is 10.6 Å². The largest absolute Gasteiger partial charge is 0.356 e. The Labute approximate surface area is 186 Å². The maximum absolute atomic E-state index is 12.8. The first kappa shape index (κ1) is 20.3. The van der Waals surface area contributed by atoms with Gasteiger partial charge in [-0.25, -0.2) is 4.79 Å². The number of rotatable bonds is 6. The second kappa shape index (κ2) is 8.49. The lowest BCUT2D eigenvalue weighted by molar-refractivity contribution is -0.131. The molecule has 1 aliphatic carbocycles. The molecule has 7 heteroatoms. The zero-order chi connectivity index (χ0) is 22.1. The topological polar surface area (TPSA) is 94.3 Å². The first-order chi connectivity index (χ1) is 15.6. The maximum atomic E-state index is 12.8. The average molecular weight is 431 g/mol. The Bertz CT molecular complexity index is 1170. The summed E-state index contributed by atoms with van der Waals surface area (Å²) in [6, 6.07) is 16.5. The Morgan fingerprint density at radius 2 is 1.84 bits per heavy atom. The maximum Gasteiger partial charge on any atom is 0.324 e. The van der Waals surface area contributed by atoms with Gasteiger partial charge in [-0.2, -0.15) is 0 Å². The van der Waals surface area contributed by atoms with Gasteiger partial charge in [-0.05, 0) is 42.9 Å². The number of para-hydroxylation sites is 1. The minimum absolute atomic E-state index is 0.0571. The molecule has 3 aromatic rings. The molecule has 32 heavy (non-hydrogen) atoms. The van der Waals surface area contributed by atoms with Gasteiger partial charge in [0.25, 0.3) is 5.91 Å². The van der Waals surface area contributed by atoms with E-state index in [-0.39, 0.29) is 24.3 Å². The molecule has 0 saturated carbocycles. The number of aromatic nitrogens is 1. The van der Waals surface area contributed by atoms with Gasteiger partial charge in [-0.1, -0.05) is 48.5 Å². The summed E-state index contributed by atoms with van der Waals surface area (Å²) >= 11 is 0. The molecule has 4 amide bonds. The number of H-pyrrole nitrogens is 1. The molecule has 0 spiro atoms. The fourth-order valence-electron chi connectivity index (χ4n) is 4.81. The van der Waals surface area contributed by atoms with Crippen LogP contribution in [0.5, 0.6) is 0 Å². The molecule has 2 atom stereocenters. The van der Waals surface area contributed by atoms with Crippen molar-refractivity contribution in [2.45, 2.75) is 44.2 Å². The minimum Gasteiger partial charge on any atom is -0.356 e. The van der Waals surface area contributed by atoms with Crippen LogP contribution in [-0.4, -0.2) is 40.3 Å². The summed E-state index contributed by atoms with van der Waals surface area (Å²) in [5.74, 6) is -0.568. The number of benzene rings is 2. The molecular weight excluding hydrogens is 404 g/mol. The molecule has 2 aromatic carbocycles. The van der Waals surface area contributed by atoms with Crippen molar-refractivity contribution in [3.8, 4) is 0 Å². The molecule has 1 saturated heterocycles. The van der Waals surface area contributed by atoms with E-state index >= 15 is 0 Å². The third-order valence-corrected chi connectivity index (χ3v) is 6.41. The molecule has 2 heterocycles. The van der Waals surface area contributed by atoms with E-state index in [1.807, 2.05) is 48.5 Å². The van der Waals surface area contributed by atoms with Crippen molar-refractivity contribution in [1.29, 1.82) is 0 Å². The van der Waals surface area contributed by atoms with E-state index in [1.165, 1.54) is 15.8 Å². The van der Waals surface area contributed by atoms with E-state index in [0.717, 1.165) is 36.0 Å². The molecule has 1 aliphatic heterocycles. The number of carbonyl (C=O) groups excluding carboxylic acids is 3. The number of aryl methyl sites for hydroxylation is 1. The number of imide groups is 1. The Balaban J connectivity index is 1.21. The summed E-state index contributed by atoms with van der Waals surface area (Å²) < 4.78 is 0. The van der Waals surface area contributed by atoms with Gasteiger partial charge in [0.05, 0.1) is 12.5 Å². The van der Waals surface area contributed by atoms with E-state index in [1.54, 1.807) is 0 Å². The highest BCUT2D eigenvalue weighted by molar-refractivity contribution is 6.05. The quantitative estimate of drug-likeness (QED) is 0.524. The monoisotopic (exact) mass is 430 g/mol. The average Bonchev–Trinajstić information content (AvgIpc) is 3.31. The van der Waals surface area contributed by atoms with E-state index in [2.05, 4.69) is 21.7 Å². The summed E-state index contributed by atoms with van der Waals surface area (Å²) in [5, 5.41) is 6.95. The van der Waals surface area contributed by atoms with Crippen LogP contribution in [0.2, 0.25) is 0 Å². The second-order valence-corrected chi connectivity index (χ2v) is 8.51. The number of hydrogen-bond donors (Lipinski definition) is 3. The summed E-state index contributed by atoms with van der Waals surface area (Å²) in [4.78, 5) is 42.5. The number of carbonyl (C=O) groups is 3. The van der Waals surface area contributed by atoms with Gasteiger partial charge in [0.2, 0.25) is 5.91 Å². The van der Waals surface area contributed by atoms with Crippen LogP contribution in [-0.2, 0) is 22.4 Å². The van der Waals surface area contributed by atoms with Gasteiger partial charge in [-0.3, -0.25) is 14.5 Å². The number of nitrogens with one attached hydrogen (secondary N) is 3. The van der Waals surface area contributed by atoms with Crippen LogP contribution >= 0.6 is 0 Å². The summed E-state index contributed by atoms with van der Waals surface area (Å²) in [7, 11) is 0. The van der Waals surface area contributed by atoms with Crippen LogP contribution in [0.4, 0.5) is 4.79 Å². The van der Waals surface area contributed by atoms with Gasteiger partial charge >= 0.3 is 6.03 Å². The van der Waals surface area contributed by atoms with E-state index in [9.17, 15) is 14.4 Å². The van der Waals surface area contributed by atoms with Crippen molar-refractivity contribution in [3.05, 3.63) is 71.4 Å². The zero-order valence-electron chi connectivity index (χ0n) is 17.8. The molecule has 2 unspecified atom stereocenters. The predicted molar refractivity (Wildman–Crippen MR) is 121 cm³/mol. The number of nitrogens with zero attached hydrogens (tertiary/aromatic N) is 1. The zero-order valence-corrected chi connectivity index (χ0v) is 17.8. The number of aromatic amines is 1. The standard InChI is InChI=1S/C25H26N4O3/c30-22(26-20-12-6-10-18-17-9-4-5-11-19(17)27-23(18)20)15-21-24(31)29(25(32)28-21)14-13-16-7-2-1-3-8-16/h1-5,7-9,11,20-21,27H,6,10,12-15H2,(H,26,30)(H,28,32). The van der Waals surface area contributed by atoms with Crippen molar-refractivity contribution in [2.75, 3.05) is 6.54 Å². The van der Waals surface area contributed by atoms with Gasteiger partial charge in [0.15, 0.2) is 0 Å². The Morgan fingerprint density at radius 1 is 1.06 bits per heavy atom. The van der Waals surface area contributed by atoms with Crippen molar-refractivity contribution < 1.29 is 14.4 Å². The number of hydrogen-bond acceptors (Lipinski definition) is 3. The first-order valence-electron chi connectivity index (χ1n) is 11.1. The molecular formula is C25H26N4O3. The van der Waals surface area contributed by atoms with Crippen LogP contribution in [0.3, 0.4) is 0 Å². The van der Waals surface area contributed by atoms with Crippen molar-refractivity contribution >= 4 is 28.7 Å². The number of urea groups is 1. The minimum atomic E-state index is -0.816. The molecule has 1 fully saturated rings. The van der Waals surface area contributed by atoms with Gasteiger partial charge < -0.3 is 15.6 Å². The molecule has 0 radical (unpaired) electrons.